The van der Waals surface area contributed by atoms with Crippen LogP contribution in [0.1, 0.15) is 28.5 Å². The lowest BCUT2D eigenvalue weighted by Crippen LogP contribution is -2.14. The monoisotopic (exact) mass is 682 g/mol. The topological polar surface area (TPSA) is 73.6 Å². The number of aromatic nitrogens is 2. The zero-order valence-corrected chi connectivity index (χ0v) is 22.9. The number of carboxylic acid groups (broad SMARTS) is 1. The summed E-state index contributed by atoms with van der Waals surface area (Å²) in [6, 6.07) is 17.5. The highest BCUT2D eigenvalue weighted by Crippen LogP contribution is 2.31. The fourth-order valence-electron chi connectivity index (χ4n) is 3.94. The number of fused-ring (bicyclic) bond motifs is 1. The molecule has 4 rings (SSSR count). The molecule has 8 heteroatoms. The van der Waals surface area contributed by atoms with Gasteiger partial charge >= 0.3 is 5.97 Å². The molecule has 0 bridgehead atoms. The number of alkyl halides is 2. The zero-order chi connectivity index (χ0) is 24.1. The second-order valence-corrected chi connectivity index (χ2v) is 9.12. The van der Waals surface area contributed by atoms with E-state index in [1.54, 1.807) is 16.8 Å². The van der Waals surface area contributed by atoms with Gasteiger partial charge < -0.3 is 19.1 Å². The predicted octanol–water partition coefficient (Wildman–Crippen LogP) is 6.75. The van der Waals surface area contributed by atoms with Gasteiger partial charge in [-0.1, -0.05) is 69.4 Å². The van der Waals surface area contributed by atoms with Crippen molar-refractivity contribution in [3.63, 3.8) is 0 Å². The molecule has 2 aromatic carbocycles. The summed E-state index contributed by atoms with van der Waals surface area (Å²) in [6.07, 6.45) is 1.71. The Morgan fingerprint density at radius 3 is 2.65 bits per heavy atom. The van der Waals surface area contributed by atoms with Gasteiger partial charge in [-0.05, 0) is 42.8 Å². The Morgan fingerprint density at radius 1 is 1.06 bits per heavy atom. The number of nitrogens with zero attached hydrogens (tertiary/aromatic N) is 2. The summed E-state index contributed by atoms with van der Waals surface area (Å²) in [5.41, 5.74) is 5.03. The third kappa shape index (κ3) is 5.32. The standard InChI is InChI=1S/C26H24I2N2O4/c1-2-33-20-5-3-4-18(13-20)25-21-14-23(26(31)32)30(22(21)8-9-29-25)10-11-34-24-7-6-17(15-27)12-19(24)16-28/h3-9,12-14H,2,10-11,15-16H2,1H3,(H,31,32). The lowest BCUT2D eigenvalue weighted by Gasteiger charge is -2.13. The Morgan fingerprint density at radius 2 is 1.91 bits per heavy atom. The SMILES string of the molecule is CCOc1cccc(-c2nccc3c2cc(C(=O)O)n3CCOc2ccc(CI)cc2CI)c1. The molecule has 4 aromatic rings. The van der Waals surface area contributed by atoms with Crippen molar-refractivity contribution in [2.24, 2.45) is 0 Å². The normalized spacial score (nSPS) is 11.0. The van der Waals surface area contributed by atoms with Crippen LogP contribution in [0, 0.1) is 0 Å². The van der Waals surface area contributed by atoms with Crippen molar-refractivity contribution < 1.29 is 19.4 Å². The maximum Gasteiger partial charge on any atom is 0.352 e. The van der Waals surface area contributed by atoms with Crippen LogP contribution in [0.3, 0.4) is 0 Å². The lowest BCUT2D eigenvalue weighted by atomic mass is 10.1. The van der Waals surface area contributed by atoms with Crippen molar-refractivity contribution in [1.82, 2.24) is 9.55 Å². The molecule has 176 valence electrons. The minimum Gasteiger partial charge on any atom is -0.494 e. The zero-order valence-electron chi connectivity index (χ0n) is 18.6. The van der Waals surface area contributed by atoms with E-state index in [1.807, 2.05) is 43.3 Å². The highest BCUT2D eigenvalue weighted by Gasteiger charge is 2.18. The minimum absolute atomic E-state index is 0.211. The number of rotatable bonds is 10. The minimum atomic E-state index is -0.982. The van der Waals surface area contributed by atoms with E-state index >= 15 is 0 Å². The predicted molar refractivity (Wildman–Crippen MR) is 151 cm³/mol. The quantitative estimate of drug-likeness (QED) is 0.148. The third-order valence-corrected chi connectivity index (χ3v) is 7.17. The number of hydrogen-bond donors (Lipinski definition) is 1. The van der Waals surface area contributed by atoms with Gasteiger partial charge in [-0.2, -0.15) is 0 Å². The molecule has 0 amide bonds. The Labute approximate surface area is 225 Å². The first-order valence-electron chi connectivity index (χ1n) is 10.9. The molecule has 6 nitrogen and oxygen atoms in total. The average Bonchev–Trinajstić information content (AvgIpc) is 3.23. The van der Waals surface area contributed by atoms with E-state index in [0.717, 1.165) is 48.1 Å². The Kier molecular flexibility index (Phi) is 8.30. The number of pyridine rings is 1. The van der Waals surface area contributed by atoms with Crippen LogP contribution in [0.25, 0.3) is 22.2 Å². The van der Waals surface area contributed by atoms with E-state index < -0.39 is 5.97 Å². The van der Waals surface area contributed by atoms with E-state index in [2.05, 4.69) is 62.3 Å². The van der Waals surface area contributed by atoms with Gasteiger partial charge in [-0.25, -0.2) is 4.79 Å². The Hall–Kier alpha value is -2.34. The van der Waals surface area contributed by atoms with Crippen LogP contribution < -0.4 is 9.47 Å². The number of benzene rings is 2. The van der Waals surface area contributed by atoms with Crippen LogP contribution in [0.2, 0.25) is 0 Å². The van der Waals surface area contributed by atoms with Crippen molar-refractivity contribution in [2.75, 3.05) is 13.2 Å². The third-order valence-electron chi connectivity index (χ3n) is 5.46. The van der Waals surface area contributed by atoms with E-state index in [4.69, 9.17) is 9.47 Å². The van der Waals surface area contributed by atoms with Crippen LogP contribution >= 0.6 is 45.2 Å². The molecule has 0 aliphatic carbocycles. The highest BCUT2D eigenvalue weighted by molar-refractivity contribution is 14.1. The van der Waals surface area contributed by atoms with Crippen molar-refractivity contribution in [3.8, 4) is 22.8 Å². The van der Waals surface area contributed by atoms with Gasteiger partial charge in [0.25, 0.3) is 0 Å². The van der Waals surface area contributed by atoms with Crippen molar-refractivity contribution >= 4 is 62.1 Å². The van der Waals surface area contributed by atoms with Crippen molar-refractivity contribution in [1.29, 1.82) is 0 Å². The molecule has 1 N–H and O–H groups in total. The van der Waals surface area contributed by atoms with Gasteiger partial charge in [0.15, 0.2) is 0 Å². The molecule has 0 spiro atoms. The number of carbonyl (C=O) groups is 1. The first kappa shape index (κ1) is 24.8. The molecule has 0 aliphatic rings. The summed E-state index contributed by atoms with van der Waals surface area (Å²) in [5, 5.41) is 10.7. The maximum absolute atomic E-state index is 12.1. The smallest absolute Gasteiger partial charge is 0.352 e. The summed E-state index contributed by atoms with van der Waals surface area (Å²) in [4.78, 5) is 16.6. The van der Waals surface area contributed by atoms with Crippen LogP contribution in [0.15, 0.2) is 60.8 Å². The Balaban J connectivity index is 1.66. The molecule has 0 fully saturated rings. The number of halogens is 2. The van der Waals surface area contributed by atoms with Crippen LogP contribution in [-0.4, -0.2) is 33.8 Å². The molecule has 2 heterocycles. The molecule has 0 unspecified atom stereocenters. The highest BCUT2D eigenvalue weighted by atomic mass is 127. The number of carboxylic acids is 1. The molecule has 0 aliphatic heterocycles. The summed E-state index contributed by atoms with van der Waals surface area (Å²) in [7, 11) is 0. The van der Waals surface area contributed by atoms with Crippen LogP contribution in [-0.2, 0) is 15.4 Å². The molecule has 2 aromatic heterocycles. The molecule has 0 saturated carbocycles. The van der Waals surface area contributed by atoms with Crippen LogP contribution in [0.4, 0.5) is 0 Å². The maximum atomic E-state index is 12.1. The fourth-order valence-corrected chi connectivity index (χ4v) is 5.01. The van der Waals surface area contributed by atoms with Gasteiger partial charge in [0.1, 0.15) is 23.8 Å². The molecule has 0 saturated heterocycles. The van der Waals surface area contributed by atoms with Crippen molar-refractivity contribution in [3.05, 3.63) is 77.6 Å². The molecule has 0 radical (unpaired) electrons. The largest absolute Gasteiger partial charge is 0.494 e. The number of hydrogen-bond acceptors (Lipinski definition) is 4. The van der Waals surface area contributed by atoms with Gasteiger partial charge in [0.2, 0.25) is 0 Å². The molecular weight excluding hydrogens is 658 g/mol. The van der Waals surface area contributed by atoms with E-state index in [-0.39, 0.29) is 5.69 Å². The van der Waals surface area contributed by atoms with Gasteiger partial charge in [-0.3, -0.25) is 4.98 Å². The second-order valence-electron chi connectivity index (χ2n) is 7.60. The fraction of sp³-hybridized carbons (Fsp3) is 0.231. The number of ether oxygens (including phenoxy) is 2. The first-order chi connectivity index (χ1) is 16.5. The lowest BCUT2D eigenvalue weighted by molar-refractivity contribution is 0.0684. The molecule has 34 heavy (non-hydrogen) atoms. The first-order valence-corrected chi connectivity index (χ1v) is 13.9. The number of aromatic carboxylic acids is 1. The molecular formula is C26H24I2N2O4. The summed E-state index contributed by atoms with van der Waals surface area (Å²) in [5.74, 6) is 0.612. The van der Waals surface area contributed by atoms with E-state index in [9.17, 15) is 9.90 Å². The van der Waals surface area contributed by atoms with Gasteiger partial charge in [0.05, 0.1) is 24.4 Å². The second kappa shape index (κ2) is 11.4. The average molecular weight is 682 g/mol. The van der Waals surface area contributed by atoms with Crippen molar-refractivity contribution in [2.45, 2.75) is 22.3 Å². The summed E-state index contributed by atoms with van der Waals surface area (Å²) >= 11 is 4.68. The van der Waals surface area contributed by atoms with E-state index in [1.165, 1.54) is 5.56 Å². The summed E-state index contributed by atoms with van der Waals surface area (Å²) in [6.45, 7) is 3.27. The van der Waals surface area contributed by atoms with Gasteiger partial charge in [0, 0.05) is 31.6 Å². The van der Waals surface area contributed by atoms with Crippen LogP contribution in [0.5, 0.6) is 11.5 Å². The van der Waals surface area contributed by atoms with Gasteiger partial charge in [-0.15, -0.1) is 0 Å². The van der Waals surface area contributed by atoms with E-state index in [0.29, 0.717) is 19.8 Å². The molecule has 0 atom stereocenters. The summed E-state index contributed by atoms with van der Waals surface area (Å²) < 4.78 is 15.3. The Bertz CT molecular complexity index is 1320.